The molecule has 0 amide bonds. The van der Waals surface area contributed by atoms with Crippen LogP contribution in [0.3, 0.4) is 0 Å². The molecule has 3 heteroatoms. The van der Waals surface area contributed by atoms with Crippen LogP contribution in [0.2, 0.25) is 0 Å². The normalized spacial score (nSPS) is 26.7. The molecule has 0 aliphatic carbocycles. The molecule has 1 aromatic heterocycles. The van der Waals surface area contributed by atoms with Gasteiger partial charge in [0.25, 0.3) is 0 Å². The molecular formula is C13H21N3. The molecule has 0 aromatic carbocycles. The first-order chi connectivity index (χ1) is 7.84. The van der Waals surface area contributed by atoms with Crippen molar-refractivity contribution in [3.8, 4) is 0 Å². The van der Waals surface area contributed by atoms with E-state index in [2.05, 4.69) is 23.0 Å². The SMILES string of the molecule is C[C@H]1CCCn2cc(C3CCNCC3)nc21. The Morgan fingerprint density at radius 1 is 1.31 bits per heavy atom. The van der Waals surface area contributed by atoms with Crippen LogP contribution in [0.1, 0.15) is 56.0 Å². The van der Waals surface area contributed by atoms with Crippen LogP contribution in [0.5, 0.6) is 0 Å². The van der Waals surface area contributed by atoms with Crippen LogP contribution in [0.25, 0.3) is 0 Å². The molecule has 3 heterocycles. The van der Waals surface area contributed by atoms with Crippen molar-refractivity contribution in [1.82, 2.24) is 14.9 Å². The Hall–Kier alpha value is -0.830. The number of nitrogens with zero attached hydrogens (tertiary/aromatic N) is 2. The summed E-state index contributed by atoms with van der Waals surface area (Å²) in [5, 5.41) is 3.42. The molecule has 0 bridgehead atoms. The summed E-state index contributed by atoms with van der Waals surface area (Å²) < 4.78 is 2.39. The van der Waals surface area contributed by atoms with Gasteiger partial charge in [0.2, 0.25) is 0 Å². The van der Waals surface area contributed by atoms with Crippen LogP contribution in [0.15, 0.2) is 6.20 Å². The minimum absolute atomic E-state index is 0.657. The third kappa shape index (κ3) is 1.77. The van der Waals surface area contributed by atoms with E-state index in [9.17, 15) is 0 Å². The standard InChI is InChI=1S/C13H21N3/c1-10-3-2-8-16-9-12(15-13(10)16)11-4-6-14-7-5-11/h9-11,14H,2-8H2,1H3/t10-/m0/s1. The Labute approximate surface area is 97.3 Å². The van der Waals surface area contributed by atoms with Gasteiger partial charge in [-0.1, -0.05) is 6.92 Å². The number of nitrogens with one attached hydrogen (secondary N) is 1. The van der Waals surface area contributed by atoms with Crippen molar-refractivity contribution in [2.75, 3.05) is 13.1 Å². The molecule has 1 N–H and O–H groups in total. The zero-order valence-corrected chi connectivity index (χ0v) is 10.1. The second-order valence-corrected chi connectivity index (χ2v) is 5.28. The van der Waals surface area contributed by atoms with Gasteiger partial charge in [-0.2, -0.15) is 0 Å². The van der Waals surface area contributed by atoms with Crippen LogP contribution < -0.4 is 5.32 Å². The van der Waals surface area contributed by atoms with Crippen LogP contribution in [-0.4, -0.2) is 22.6 Å². The van der Waals surface area contributed by atoms with Gasteiger partial charge in [0.15, 0.2) is 0 Å². The van der Waals surface area contributed by atoms with E-state index in [1.807, 2.05) is 0 Å². The van der Waals surface area contributed by atoms with Gasteiger partial charge in [0.05, 0.1) is 5.69 Å². The average Bonchev–Trinajstić information content (AvgIpc) is 2.76. The second kappa shape index (κ2) is 4.21. The van der Waals surface area contributed by atoms with E-state index in [-0.39, 0.29) is 0 Å². The van der Waals surface area contributed by atoms with Crippen molar-refractivity contribution < 1.29 is 0 Å². The van der Waals surface area contributed by atoms with Crippen LogP contribution >= 0.6 is 0 Å². The van der Waals surface area contributed by atoms with Crippen molar-refractivity contribution in [3.05, 3.63) is 17.7 Å². The van der Waals surface area contributed by atoms with Gasteiger partial charge in [0.1, 0.15) is 5.82 Å². The van der Waals surface area contributed by atoms with E-state index in [1.165, 1.54) is 43.7 Å². The number of hydrogen-bond donors (Lipinski definition) is 1. The summed E-state index contributed by atoms with van der Waals surface area (Å²) >= 11 is 0. The molecule has 1 fully saturated rings. The molecule has 1 aromatic rings. The lowest BCUT2D eigenvalue weighted by atomic mass is 9.95. The minimum Gasteiger partial charge on any atom is -0.334 e. The molecule has 2 aliphatic heterocycles. The van der Waals surface area contributed by atoms with E-state index in [0.717, 1.165) is 13.1 Å². The largest absolute Gasteiger partial charge is 0.334 e. The predicted octanol–water partition coefficient (Wildman–Crippen LogP) is 2.25. The molecular weight excluding hydrogens is 198 g/mol. The number of fused-ring (bicyclic) bond motifs is 1. The summed E-state index contributed by atoms with van der Waals surface area (Å²) in [7, 11) is 0. The van der Waals surface area contributed by atoms with Crippen molar-refractivity contribution in [3.63, 3.8) is 0 Å². The minimum atomic E-state index is 0.657. The van der Waals surface area contributed by atoms with E-state index < -0.39 is 0 Å². The van der Waals surface area contributed by atoms with Crippen molar-refractivity contribution in [2.45, 2.75) is 51.0 Å². The fourth-order valence-corrected chi connectivity index (χ4v) is 3.03. The molecule has 3 nitrogen and oxygen atoms in total. The van der Waals surface area contributed by atoms with Crippen LogP contribution in [0, 0.1) is 0 Å². The molecule has 1 atom stereocenters. The predicted molar refractivity (Wildman–Crippen MR) is 64.7 cm³/mol. The molecule has 16 heavy (non-hydrogen) atoms. The molecule has 0 unspecified atom stereocenters. The fraction of sp³-hybridized carbons (Fsp3) is 0.769. The first kappa shape index (κ1) is 10.3. The molecule has 3 rings (SSSR count). The number of imidazole rings is 1. The highest BCUT2D eigenvalue weighted by Crippen LogP contribution is 2.30. The summed E-state index contributed by atoms with van der Waals surface area (Å²) in [6.07, 6.45) is 7.45. The van der Waals surface area contributed by atoms with Gasteiger partial charge in [-0.3, -0.25) is 0 Å². The Bertz CT molecular complexity index is 363. The molecule has 88 valence electrons. The van der Waals surface area contributed by atoms with Gasteiger partial charge in [-0.05, 0) is 38.8 Å². The van der Waals surface area contributed by atoms with Crippen LogP contribution in [-0.2, 0) is 6.54 Å². The second-order valence-electron chi connectivity index (χ2n) is 5.28. The molecule has 0 saturated carbocycles. The van der Waals surface area contributed by atoms with Crippen molar-refractivity contribution in [1.29, 1.82) is 0 Å². The van der Waals surface area contributed by atoms with Crippen molar-refractivity contribution >= 4 is 0 Å². The average molecular weight is 219 g/mol. The Balaban J connectivity index is 1.85. The van der Waals surface area contributed by atoms with Crippen molar-refractivity contribution in [2.24, 2.45) is 0 Å². The summed E-state index contributed by atoms with van der Waals surface area (Å²) in [6.45, 7) is 5.80. The highest BCUT2D eigenvalue weighted by molar-refractivity contribution is 5.14. The van der Waals surface area contributed by atoms with Crippen LogP contribution in [0.4, 0.5) is 0 Å². The van der Waals surface area contributed by atoms with E-state index in [1.54, 1.807) is 0 Å². The zero-order valence-electron chi connectivity index (χ0n) is 10.1. The maximum atomic E-state index is 4.89. The first-order valence-electron chi connectivity index (χ1n) is 6.62. The summed E-state index contributed by atoms with van der Waals surface area (Å²) in [6, 6.07) is 0. The maximum absolute atomic E-state index is 4.89. The van der Waals surface area contributed by atoms with Gasteiger partial charge in [-0.15, -0.1) is 0 Å². The number of hydrogen-bond acceptors (Lipinski definition) is 2. The van der Waals surface area contributed by atoms with E-state index >= 15 is 0 Å². The fourth-order valence-electron chi connectivity index (χ4n) is 3.03. The summed E-state index contributed by atoms with van der Waals surface area (Å²) in [5.41, 5.74) is 1.35. The molecule has 1 saturated heterocycles. The lowest BCUT2D eigenvalue weighted by molar-refractivity contribution is 0.453. The molecule has 2 aliphatic rings. The van der Waals surface area contributed by atoms with Gasteiger partial charge in [-0.25, -0.2) is 4.98 Å². The van der Waals surface area contributed by atoms with E-state index in [0.29, 0.717) is 11.8 Å². The lowest BCUT2D eigenvalue weighted by Crippen LogP contribution is -2.26. The zero-order chi connectivity index (χ0) is 11.0. The Morgan fingerprint density at radius 3 is 2.88 bits per heavy atom. The number of aryl methyl sites for hydroxylation is 1. The quantitative estimate of drug-likeness (QED) is 0.785. The Morgan fingerprint density at radius 2 is 2.12 bits per heavy atom. The lowest BCUT2D eigenvalue weighted by Gasteiger charge is -2.20. The third-order valence-electron chi connectivity index (χ3n) is 4.06. The summed E-state index contributed by atoms with van der Waals surface area (Å²) in [5.74, 6) is 2.69. The van der Waals surface area contributed by atoms with Gasteiger partial charge in [0, 0.05) is 24.6 Å². The highest BCUT2D eigenvalue weighted by atomic mass is 15.1. The smallest absolute Gasteiger partial charge is 0.111 e. The first-order valence-corrected chi connectivity index (χ1v) is 6.62. The highest BCUT2D eigenvalue weighted by Gasteiger charge is 2.23. The van der Waals surface area contributed by atoms with Gasteiger partial charge >= 0.3 is 0 Å². The third-order valence-corrected chi connectivity index (χ3v) is 4.06. The monoisotopic (exact) mass is 219 g/mol. The number of piperidine rings is 1. The summed E-state index contributed by atoms with van der Waals surface area (Å²) in [4.78, 5) is 4.89. The van der Waals surface area contributed by atoms with E-state index in [4.69, 9.17) is 4.98 Å². The molecule has 0 radical (unpaired) electrons. The van der Waals surface area contributed by atoms with Gasteiger partial charge < -0.3 is 9.88 Å². The maximum Gasteiger partial charge on any atom is 0.111 e. The topological polar surface area (TPSA) is 29.9 Å². The molecule has 0 spiro atoms. The Kier molecular flexibility index (Phi) is 2.72. The number of rotatable bonds is 1. The number of aromatic nitrogens is 2.